The second-order valence-electron chi connectivity index (χ2n) is 3.88. The van der Waals surface area contributed by atoms with Crippen LogP contribution in [0.3, 0.4) is 0 Å². The Kier molecular flexibility index (Phi) is 2.45. The van der Waals surface area contributed by atoms with Crippen molar-refractivity contribution in [3.63, 3.8) is 0 Å². The first-order chi connectivity index (χ1) is 7.20. The number of rotatable bonds is 0. The Labute approximate surface area is 91.0 Å². The van der Waals surface area contributed by atoms with Crippen molar-refractivity contribution >= 4 is 11.6 Å². The maximum absolute atomic E-state index is 3.68. The van der Waals surface area contributed by atoms with Gasteiger partial charge >= 0.3 is 0 Å². The van der Waals surface area contributed by atoms with Gasteiger partial charge in [0.2, 0.25) is 0 Å². The van der Waals surface area contributed by atoms with E-state index in [1.807, 2.05) is 0 Å². The lowest BCUT2D eigenvalue weighted by atomic mass is 9.99. The van der Waals surface area contributed by atoms with Gasteiger partial charge in [-0.05, 0) is 42.7 Å². The molecule has 0 spiro atoms. The molecule has 2 rings (SSSR count). The molecule has 0 aliphatic heterocycles. The first kappa shape index (κ1) is 9.76. The van der Waals surface area contributed by atoms with Crippen LogP contribution in [0.1, 0.15) is 23.6 Å². The fourth-order valence-electron chi connectivity index (χ4n) is 1.81. The molecule has 1 aromatic rings. The molecule has 0 heteroatoms. The van der Waals surface area contributed by atoms with Crippen molar-refractivity contribution in [2.45, 2.75) is 13.8 Å². The lowest BCUT2D eigenvalue weighted by Crippen LogP contribution is -1.85. The maximum atomic E-state index is 3.68. The van der Waals surface area contributed by atoms with Gasteiger partial charge in [-0.1, -0.05) is 36.4 Å². The van der Waals surface area contributed by atoms with Gasteiger partial charge in [0.15, 0.2) is 0 Å². The van der Waals surface area contributed by atoms with Crippen LogP contribution >= 0.6 is 0 Å². The van der Waals surface area contributed by atoms with Crippen LogP contribution in [0.25, 0.3) is 11.6 Å². The van der Waals surface area contributed by atoms with Gasteiger partial charge in [-0.25, -0.2) is 0 Å². The molecule has 15 heavy (non-hydrogen) atoms. The SMILES string of the molecule is C=C=C1C=Cc2ccc(C)cc2C(C)=C1. The highest BCUT2D eigenvalue weighted by Gasteiger charge is 2.05. The van der Waals surface area contributed by atoms with Gasteiger partial charge < -0.3 is 0 Å². The van der Waals surface area contributed by atoms with Crippen molar-refractivity contribution in [2.24, 2.45) is 0 Å². The summed E-state index contributed by atoms with van der Waals surface area (Å²) in [6.07, 6.45) is 6.29. The van der Waals surface area contributed by atoms with Crippen LogP contribution < -0.4 is 0 Å². The monoisotopic (exact) mass is 194 g/mol. The molecule has 0 N–H and O–H groups in total. The summed E-state index contributed by atoms with van der Waals surface area (Å²) in [7, 11) is 0. The highest BCUT2D eigenvalue weighted by Crippen LogP contribution is 2.26. The fourth-order valence-corrected chi connectivity index (χ4v) is 1.81. The van der Waals surface area contributed by atoms with E-state index in [2.05, 4.69) is 62.6 Å². The van der Waals surface area contributed by atoms with Crippen LogP contribution in [0.2, 0.25) is 0 Å². The third-order valence-corrected chi connectivity index (χ3v) is 2.65. The molecule has 0 fully saturated rings. The van der Waals surface area contributed by atoms with Crippen molar-refractivity contribution < 1.29 is 0 Å². The fraction of sp³-hybridized carbons (Fsp3) is 0.133. The number of fused-ring (bicyclic) bond motifs is 1. The Hall–Kier alpha value is -1.78. The van der Waals surface area contributed by atoms with E-state index in [0.717, 1.165) is 5.57 Å². The Morgan fingerprint density at radius 3 is 2.67 bits per heavy atom. The molecule has 0 amide bonds. The van der Waals surface area contributed by atoms with E-state index >= 15 is 0 Å². The molecule has 74 valence electrons. The minimum atomic E-state index is 1.04. The molecule has 1 aromatic carbocycles. The van der Waals surface area contributed by atoms with Gasteiger partial charge in [-0.2, -0.15) is 0 Å². The molecule has 0 bridgehead atoms. The van der Waals surface area contributed by atoms with Crippen LogP contribution in [-0.2, 0) is 0 Å². The summed E-state index contributed by atoms with van der Waals surface area (Å²) in [4.78, 5) is 0. The highest BCUT2D eigenvalue weighted by atomic mass is 14.1. The minimum absolute atomic E-state index is 1.04. The Morgan fingerprint density at radius 1 is 1.13 bits per heavy atom. The average Bonchev–Trinajstić information content (AvgIpc) is 2.39. The van der Waals surface area contributed by atoms with Crippen LogP contribution in [-0.4, -0.2) is 0 Å². The van der Waals surface area contributed by atoms with Crippen LogP contribution in [0, 0.1) is 6.92 Å². The number of benzene rings is 1. The largest absolute Gasteiger partial charge is 0.121 e. The zero-order valence-electron chi connectivity index (χ0n) is 9.17. The summed E-state index contributed by atoms with van der Waals surface area (Å²) >= 11 is 0. The molecule has 0 atom stereocenters. The van der Waals surface area contributed by atoms with E-state index in [1.54, 1.807) is 0 Å². The molecule has 0 saturated carbocycles. The predicted octanol–water partition coefficient (Wildman–Crippen LogP) is 4.14. The van der Waals surface area contributed by atoms with Gasteiger partial charge in [0, 0.05) is 5.57 Å². The van der Waals surface area contributed by atoms with E-state index in [0.29, 0.717) is 0 Å². The highest BCUT2D eigenvalue weighted by molar-refractivity contribution is 5.79. The van der Waals surface area contributed by atoms with Gasteiger partial charge in [-0.3, -0.25) is 0 Å². The molecule has 0 aromatic heterocycles. The Balaban J connectivity index is 2.68. The van der Waals surface area contributed by atoms with Crippen molar-refractivity contribution in [2.75, 3.05) is 0 Å². The smallest absolute Gasteiger partial charge is 0.0161 e. The second kappa shape index (κ2) is 3.76. The van der Waals surface area contributed by atoms with Crippen molar-refractivity contribution in [3.05, 3.63) is 64.9 Å². The molecular formula is C15H14. The van der Waals surface area contributed by atoms with Gasteiger partial charge in [0.25, 0.3) is 0 Å². The number of aryl methyl sites for hydroxylation is 1. The normalized spacial score (nSPS) is 14.0. The van der Waals surface area contributed by atoms with E-state index in [4.69, 9.17) is 0 Å². The summed E-state index contributed by atoms with van der Waals surface area (Å²) < 4.78 is 0. The zero-order chi connectivity index (χ0) is 10.8. The molecule has 0 nitrogen and oxygen atoms in total. The number of allylic oxidation sites excluding steroid dienone is 4. The second-order valence-corrected chi connectivity index (χ2v) is 3.88. The van der Waals surface area contributed by atoms with Gasteiger partial charge in [0.1, 0.15) is 0 Å². The first-order valence-corrected chi connectivity index (χ1v) is 5.08. The number of hydrogen-bond donors (Lipinski definition) is 0. The first-order valence-electron chi connectivity index (χ1n) is 5.08. The summed E-state index contributed by atoms with van der Waals surface area (Å²) in [5, 5.41) is 0. The average molecular weight is 194 g/mol. The number of hydrogen-bond acceptors (Lipinski definition) is 0. The standard InChI is InChI=1S/C15H14/c1-4-13-6-8-14-7-5-11(2)9-15(14)12(3)10-13/h5-10H,1H2,2-3H3. The lowest BCUT2D eigenvalue weighted by Gasteiger charge is -2.05. The molecule has 0 radical (unpaired) electrons. The summed E-state index contributed by atoms with van der Waals surface area (Å²) in [6, 6.07) is 6.52. The molecule has 0 unspecified atom stereocenters. The Morgan fingerprint density at radius 2 is 1.93 bits per heavy atom. The third-order valence-electron chi connectivity index (χ3n) is 2.65. The van der Waals surface area contributed by atoms with Gasteiger partial charge in [-0.15, -0.1) is 5.73 Å². The van der Waals surface area contributed by atoms with Crippen molar-refractivity contribution in [1.82, 2.24) is 0 Å². The van der Waals surface area contributed by atoms with Crippen molar-refractivity contribution in [1.29, 1.82) is 0 Å². The van der Waals surface area contributed by atoms with E-state index in [1.165, 1.54) is 22.3 Å². The lowest BCUT2D eigenvalue weighted by molar-refractivity contribution is 1.42. The molecule has 1 aliphatic rings. The van der Waals surface area contributed by atoms with Gasteiger partial charge in [0.05, 0.1) is 0 Å². The minimum Gasteiger partial charge on any atom is -0.121 e. The van der Waals surface area contributed by atoms with E-state index in [-0.39, 0.29) is 0 Å². The zero-order valence-corrected chi connectivity index (χ0v) is 9.17. The molecule has 0 saturated heterocycles. The summed E-state index contributed by atoms with van der Waals surface area (Å²) in [5.74, 6) is 0. The molecule has 0 heterocycles. The third kappa shape index (κ3) is 1.86. The summed E-state index contributed by atoms with van der Waals surface area (Å²) in [6.45, 7) is 7.93. The Bertz CT molecular complexity index is 507. The maximum Gasteiger partial charge on any atom is 0.0161 e. The van der Waals surface area contributed by atoms with Crippen LogP contribution in [0.5, 0.6) is 0 Å². The quantitative estimate of drug-likeness (QED) is 0.544. The molecular weight excluding hydrogens is 180 g/mol. The summed E-state index contributed by atoms with van der Waals surface area (Å²) in [5.41, 5.74) is 9.10. The predicted molar refractivity (Wildman–Crippen MR) is 66.5 cm³/mol. The van der Waals surface area contributed by atoms with E-state index < -0.39 is 0 Å². The van der Waals surface area contributed by atoms with E-state index in [9.17, 15) is 0 Å². The van der Waals surface area contributed by atoms with Crippen LogP contribution in [0.4, 0.5) is 0 Å². The molecule has 1 aliphatic carbocycles. The van der Waals surface area contributed by atoms with Crippen molar-refractivity contribution in [3.8, 4) is 0 Å². The van der Waals surface area contributed by atoms with Crippen LogP contribution in [0.15, 0.2) is 48.2 Å². The topological polar surface area (TPSA) is 0 Å².